The van der Waals surface area contributed by atoms with E-state index in [0.29, 0.717) is 22.2 Å². The standard InChI is InChI=1S/C21H22FN3O3/c1-13(2)11-25-20(27)16-6-4-5-7-18(16)24(21(25)28)12-19(26)23-17-10-15(22)9-8-14(17)3/h4-10,13H,11-12H2,1-3H3,(H,23,26). The van der Waals surface area contributed by atoms with Gasteiger partial charge in [-0.05, 0) is 42.7 Å². The summed E-state index contributed by atoms with van der Waals surface area (Å²) in [5, 5.41) is 3.01. The van der Waals surface area contributed by atoms with E-state index in [9.17, 15) is 18.8 Å². The first-order valence-electron chi connectivity index (χ1n) is 9.06. The van der Waals surface area contributed by atoms with Gasteiger partial charge in [-0.15, -0.1) is 0 Å². The Balaban J connectivity index is 2.04. The third-order valence-electron chi connectivity index (χ3n) is 4.46. The highest BCUT2D eigenvalue weighted by atomic mass is 19.1. The van der Waals surface area contributed by atoms with Crippen LogP contribution in [0.4, 0.5) is 10.1 Å². The van der Waals surface area contributed by atoms with Crippen molar-refractivity contribution in [2.45, 2.75) is 33.9 Å². The monoisotopic (exact) mass is 383 g/mol. The van der Waals surface area contributed by atoms with Crippen LogP contribution in [0.15, 0.2) is 52.1 Å². The molecule has 0 aliphatic heterocycles. The van der Waals surface area contributed by atoms with Crippen LogP contribution < -0.4 is 16.6 Å². The molecule has 146 valence electrons. The molecule has 2 aromatic carbocycles. The molecule has 0 bridgehead atoms. The molecule has 0 fully saturated rings. The number of carbonyl (C=O) groups excluding carboxylic acids is 1. The van der Waals surface area contributed by atoms with Crippen LogP contribution in [0.3, 0.4) is 0 Å². The van der Waals surface area contributed by atoms with Crippen molar-refractivity contribution in [3.05, 3.63) is 74.7 Å². The lowest BCUT2D eigenvalue weighted by molar-refractivity contribution is -0.116. The van der Waals surface area contributed by atoms with Crippen molar-refractivity contribution < 1.29 is 9.18 Å². The van der Waals surface area contributed by atoms with Gasteiger partial charge in [-0.25, -0.2) is 9.18 Å². The van der Waals surface area contributed by atoms with E-state index in [0.717, 1.165) is 4.57 Å². The van der Waals surface area contributed by atoms with Gasteiger partial charge in [0, 0.05) is 12.2 Å². The highest BCUT2D eigenvalue weighted by Gasteiger charge is 2.16. The van der Waals surface area contributed by atoms with E-state index in [1.165, 1.54) is 16.7 Å². The zero-order valence-corrected chi connectivity index (χ0v) is 16.0. The number of hydrogen-bond donors (Lipinski definition) is 1. The van der Waals surface area contributed by atoms with Gasteiger partial charge >= 0.3 is 5.69 Å². The predicted octanol–water partition coefficient (Wildman–Crippen LogP) is 2.91. The second-order valence-corrected chi connectivity index (χ2v) is 7.20. The summed E-state index contributed by atoms with van der Waals surface area (Å²) in [6.07, 6.45) is 0. The molecule has 0 aliphatic carbocycles. The van der Waals surface area contributed by atoms with E-state index < -0.39 is 17.4 Å². The van der Waals surface area contributed by atoms with E-state index in [-0.39, 0.29) is 24.6 Å². The van der Waals surface area contributed by atoms with Crippen molar-refractivity contribution in [1.82, 2.24) is 9.13 Å². The molecule has 0 spiro atoms. The van der Waals surface area contributed by atoms with Gasteiger partial charge in [0.2, 0.25) is 5.91 Å². The molecule has 3 rings (SSSR count). The number of hydrogen-bond acceptors (Lipinski definition) is 3. The summed E-state index contributed by atoms with van der Waals surface area (Å²) in [4.78, 5) is 38.2. The number of nitrogens with one attached hydrogen (secondary N) is 1. The number of aryl methyl sites for hydroxylation is 1. The van der Waals surface area contributed by atoms with Crippen molar-refractivity contribution in [3.8, 4) is 0 Å². The quantitative estimate of drug-likeness (QED) is 0.736. The highest BCUT2D eigenvalue weighted by Crippen LogP contribution is 2.16. The SMILES string of the molecule is Cc1ccc(F)cc1NC(=O)Cn1c(=O)n(CC(C)C)c(=O)c2ccccc21. The Morgan fingerprint density at radius 1 is 1.11 bits per heavy atom. The fraction of sp³-hybridized carbons (Fsp3) is 0.286. The molecule has 0 saturated heterocycles. The lowest BCUT2D eigenvalue weighted by atomic mass is 10.2. The number of fused-ring (bicyclic) bond motifs is 1. The summed E-state index contributed by atoms with van der Waals surface area (Å²) in [5.41, 5.74) is 0.536. The van der Waals surface area contributed by atoms with Crippen LogP contribution in [-0.4, -0.2) is 15.0 Å². The minimum Gasteiger partial charge on any atom is -0.324 e. The van der Waals surface area contributed by atoms with Crippen molar-refractivity contribution in [2.75, 3.05) is 5.32 Å². The summed E-state index contributed by atoms with van der Waals surface area (Å²) < 4.78 is 15.9. The summed E-state index contributed by atoms with van der Waals surface area (Å²) in [5.74, 6) is -0.853. The van der Waals surface area contributed by atoms with Gasteiger partial charge < -0.3 is 5.32 Å². The molecule has 0 unspecified atom stereocenters. The van der Waals surface area contributed by atoms with E-state index in [2.05, 4.69) is 5.32 Å². The van der Waals surface area contributed by atoms with Crippen LogP contribution in [0, 0.1) is 18.7 Å². The molecule has 0 saturated carbocycles. The third-order valence-corrected chi connectivity index (χ3v) is 4.46. The minimum atomic E-state index is -0.538. The minimum absolute atomic E-state index is 0.0868. The molecule has 3 aromatic rings. The molecule has 6 nitrogen and oxygen atoms in total. The number of rotatable bonds is 5. The molecule has 28 heavy (non-hydrogen) atoms. The molecular formula is C21H22FN3O3. The second-order valence-electron chi connectivity index (χ2n) is 7.20. The van der Waals surface area contributed by atoms with Gasteiger partial charge in [0.25, 0.3) is 5.56 Å². The van der Waals surface area contributed by atoms with Gasteiger partial charge in [0.15, 0.2) is 0 Å². The number of halogens is 1. The maximum absolute atomic E-state index is 13.5. The first-order valence-corrected chi connectivity index (χ1v) is 9.06. The van der Waals surface area contributed by atoms with E-state index in [4.69, 9.17) is 0 Å². The molecular weight excluding hydrogens is 361 g/mol. The van der Waals surface area contributed by atoms with Gasteiger partial charge in [-0.2, -0.15) is 0 Å². The Labute approximate surface area is 161 Å². The largest absolute Gasteiger partial charge is 0.331 e. The molecule has 0 aliphatic rings. The number of anilines is 1. The van der Waals surface area contributed by atoms with E-state index in [1.54, 1.807) is 37.3 Å². The summed E-state index contributed by atoms with van der Waals surface area (Å²) in [6, 6.07) is 10.8. The van der Waals surface area contributed by atoms with Gasteiger partial charge in [0.1, 0.15) is 12.4 Å². The Hall–Kier alpha value is -3.22. The lowest BCUT2D eigenvalue weighted by Crippen LogP contribution is -2.42. The van der Waals surface area contributed by atoms with Crippen molar-refractivity contribution >= 4 is 22.5 Å². The average molecular weight is 383 g/mol. The van der Waals surface area contributed by atoms with Crippen molar-refractivity contribution in [1.29, 1.82) is 0 Å². The molecule has 0 radical (unpaired) electrons. The van der Waals surface area contributed by atoms with Crippen molar-refractivity contribution in [2.24, 2.45) is 5.92 Å². The number of nitrogens with zero attached hydrogens (tertiary/aromatic N) is 2. The zero-order valence-electron chi connectivity index (χ0n) is 16.0. The molecule has 1 aromatic heterocycles. The number of para-hydroxylation sites is 1. The van der Waals surface area contributed by atoms with Gasteiger partial charge in [0.05, 0.1) is 10.9 Å². The Morgan fingerprint density at radius 2 is 1.82 bits per heavy atom. The van der Waals surface area contributed by atoms with E-state index >= 15 is 0 Å². The second kappa shape index (κ2) is 7.80. The summed E-state index contributed by atoms with van der Waals surface area (Å²) in [7, 11) is 0. The number of amides is 1. The summed E-state index contributed by atoms with van der Waals surface area (Å²) >= 11 is 0. The Kier molecular flexibility index (Phi) is 5.44. The van der Waals surface area contributed by atoms with Gasteiger partial charge in [-0.1, -0.05) is 32.0 Å². The first-order chi connectivity index (χ1) is 13.3. The molecule has 1 N–H and O–H groups in total. The third kappa shape index (κ3) is 3.88. The molecule has 1 amide bonds. The maximum atomic E-state index is 13.5. The molecule has 0 atom stereocenters. The average Bonchev–Trinajstić information content (AvgIpc) is 2.65. The van der Waals surface area contributed by atoms with Crippen LogP contribution in [-0.2, 0) is 17.9 Å². The van der Waals surface area contributed by atoms with Crippen LogP contribution in [0.2, 0.25) is 0 Å². The number of benzene rings is 2. The Bertz CT molecular complexity index is 1160. The fourth-order valence-electron chi connectivity index (χ4n) is 3.11. The normalized spacial score (nSPS) is 11.2. The predicted molar refractivity (Wildman–Crippen MR) is 107 cm³/mol. The Morgan fingerprint density at radius 3 is 2.54 bits per heavy atom. The van der Waals surface area contributed by atoms with Crippen LogP contribution in [0.5, 0.6) is 0 Å². The van der Waals surface area contributed by atoms with E-state index in [1.807, 2.05) is 13.8 Å². The van der Waals surface area contributed by atoms with Crippen LogP contribution in [0.1, 0.15) is 19.4 Å². The van der Waals surface area contributed by atoms with Crippen molar-refractivity contribution in [3.63, 3.8) is 0 Å². The highest BCUT2D eigenvalue weighted by molar-refractivity contribution is 5.92. The fourth-order valence-corrected chi connectivity index (χ4v) is 3.11. The lowest BCUT2D eigenvalue weighted by Gasteiger charge is -2.15. The first kappa shape index (κ1) is 19.5. The smallest absolute Gasteiger partial charge is 0.324 e. The number of aromatic nitrogens is 2. The molecule has 1 heterocycles. The topological polar surface area (TPSA) is 73.1 Å². The van der Waals surface area contributed by atoms with Crippen LogP contribution >= 0.6 is 0 Å². The van der Waals surface area contributed by atoms with Gasteiger partial charge in [-0.3, -0.25) is 18.7 Å². The number of carbonyl (C=O) groups is 1. The zero-order chi connectivity index (χ0) is 20.4. The maximum Gasteiger partial charge on any atom is 0.331 e. The molecule has 7 heteroatoms. The van der Waals surface area contributed by atoms with Crippen LogP contribution in [0.25, 0.3) is 10.9 Å². The summed E-state index contributed by atoms with van der Waals surface area (Å²) in [6.45, 7) is 5.54.